The highest BCUT2D eigenvalue weighted by Crippen LogP contribution is 2.37. The minimum absolute atomic E-state index is 0.106. The van der Waals surface area contributed by atoms with Gasteiger partial charge in [0.25, 0.3) is 0 Å². The molecule has 102 valence electrons. The fourth-order valence-electron chi connectivity index (χ4n) is 2.49. The second-order valence-electron chi connectivity index (χ2n) is 6.11. The van der Waals surface area contributed by atoms with Gasteiger partial charge in [0.15, 0.2) is 6.17 Å². The maximum Gasteiger partial charge on any atom is 0.170 e. The standard InChI is InChI=1S/C17H18N2O/c1-17(2,3)12-8-6-7-11(15(12)20)16-18-13-9-4-5-10-14(13)19-16/h4-10,16,20H,1-3H3. The Labute approximate surface area is 118 Å². The Hall–Kier alpha value is -2.16. The second kappa shape index (κ2) is 4.44. The van der Waals surface area contributed by atoms with Crippen molar-refractivity contribution in [1.82, 2.24) is 0 Å². The summed E-state index contributed by atoms with van der Waals surface area (Å²) in [6.07, 6.45) is -0.338. The van der Waals surface area contributed by atoms with Crippen molar-refractivity contribution in [3.8, 4) is 5.75 Å². The number of rotatable bonds is 1. The van der Waals surface area contributed by atoms with Crippen molar-refractivity contribution in [1.29, 1.82) is 0 Å². The summed E-state index contributed by atoms with van der Waals surface area (Å²) in [5.74, 6) is 0.310. The Bertz CT molecular complexity index is 737. The topological polar surface area (TPSA) is 45.0 Å². The van der Waals surface area contributed by atoms with Crippen molar-refractivity contribution in [3.63, 3.8) is 0 Å². The summed E-state index contributed by atoms with van der Waals surface area (Å²) in [5, 5.41) is 12.3. The van der Waals surface area contributed by atoms with Gasteiger partial charge in [-0.2, -0.15) is 0 Å². The molecule has 1 heterocycles. The average Bonchev–Trinajstić information content (AvgIpc) is 2.81. The van der Waals surface area contributed by atoms with Crippen LogP contribution in [0.3, 0.4) is 0 Å². The van der Waals surface area contributed by atoms with Crippen LogP contribution >= 0.6 is 0 Å². The van der Waals surface area contributed by atoms with Crippen LogP contribution in [0, 0.1) is 0 Å². The van der Waals surface area contributed by atoms with E-state index in [-0.39, 0.29) is 11.6 Å². The molecule has 2 aromatic carbocycles. The predicted molar refractivity (Wildman–Crippen MR) is 78.3 cm³/mol. The molecule has 3 heteroatoms. The van der Waals surface area contributed by atoms with Crippen LogP contribution < -0.4 is 10.7 Å². The van der Waals surface area contributed by atoms with Crippen molar-refractivity contribution >= 4 is 0 Å². The fourth-order valence-corrected chi connectivity index (χ4v) is 2.49. The zero-order valence-electron chi connectivity index (χ0n) is 12.0. The van der Waals surface area contributed by atoms with E-state index in [0.717, 1.165) is 21.8 Å². The van der Waals surface area contributed by atoms with Crippen molar-refractivity contribution in [2.24, 2.45) is 9.98 Å². The van der Waals surface area contributed by atoms with Crippen LogP contribution in [-0.2, 0) is 5.41 Å². The first-order chi connectivity index (χ1) is 9.47. The SMILES string of the molecule is CC(C)(C)c1cccc(C2N=c3ccccc3=N2)c1O. The van der Waals surface area contributed by atoms with E-state index < -0.39 is 0 Å². The number of hydrogen-bond donors (Lipinski definition) is 1. The zero-order valence-corrected chi connectivity index (χ0v) is 12.0. The van der Waals surface area contributed by atoms with Crippen molar-refractivity contribution in [2.75, 3.05) is 0 Å². The minimum atomic E-state index is -0.338. The van der Waals surface area contributed by atoms with E-state index in [2.05, 4.69) is 30.8 Å². The summed E-state index contributed by atoms with van der Waals surface area (Å²) in [6, 6.07) is 13.6. The largest absolute Gasteiger partial charge is 0.507 e. The summed E-state index contributed by atoms with van der Waals surface area (Å²) in [6.45, 7) is 6.26. The Balaban J connectivity index is 2.12. The van der Waals surface area contributed by atoms with Gasteiger partial charge >= 0.3 is 0 Å². The molecule has 0 unspecified atom stereocenters. The molecule has 3 rings (SSSR count). The average molecular weight is 266 g/mol. The molecule has 0 bridgehead atoms. The van der Waals surface area contributed by atoms with Gasteiger partial charge in [0.1, 0.15) is 5.75 Å². The van der Waals surface area contributed by atoms with Crippen LogP contribution in [0.2, 0.25) is 0 Å². The monoisotopic (exact) mass is 266 g/mol. The van der Waals surface area contributed by atoms with E-state index in [1.807, 2.05) is 42.5 Å². The van der Waals surface area contributed by atoms with Crippen LogP contribution in [0.25, 0.3) is 0 Å². The third kappa shape index (κ3) is 2.09. The Morgan fingerprint density at radius 1 is 0.900 bits per heavy atom. The van der Waals surface area contributed by atoms with Gasteiger partial charge in [-0.05, 0) is 23.1 Å². The summed E-state index contributed by atoms with van der Waals surface area (Å²) in [7, 11) is 0. The molecule has 0 saturated carbocycles. The van der Waals surface area contributed by atoms with Gasteiger partial charge in [-0.25, -0.2) is 0 Å². The molecule has 0 fully saturated rings. The molecule has 0 radical (unpaired) electrons. The first-order valence-corrected chi connectivity index (χ1v) is 6.80. The highest BCUT2D eigenvalue weighted by atomic mass is 16.3. The van der Waals surface area contributed by atoms with Gasteiger partial charge in [0.2, 0.25) is 0 Å². The van der Waals surface area contributed by atoms with Crippen LogP contribution in [0.1, 0.15) is 38.1 Å². The maximum atomic E-state index is 10.5. The molecule has 2 aromatic rings. The maximum absolute atomic E-state index is 10.5. The molecule has 20 heavy (non-hydrogen) atoms. The lowest BCUT2D eigenvalue weighted by Gasteiger charge is -2.22. The first kappa shape index (κ1) is 12.9. The molecule has 0 spiro atoms. The van der Waals surface area contributed by atoms with Gasteiger partial charge in [0.05, 0.1) is 10.7 Å². The van der Waals surface area contributed by atoms with E-state index in [1.165, 1.54) is 0 Å². The number of phenolic OH excluding ortho intramolecular Hbond substituents is 1. The molecule has 0 aliphatic carbocycles. The molecule has 1 aliphatic heterocycles. The number of fused-ring (bicyclic) bond motifs is 1. The van der Waals surface area contributed by atoms with E-state index in [0.29, 0.717) is 5.75 Å². The summed E-state index contributed by atoms with van der Waals surface area (Å²) in [4.78, 5) is 9.16. The van der Waals surface area contributed by atoms with Gasteiger partial charge in [-0.3, -0.25) is 9.98 Å². The van der Waals surface area contributed by atoms with Crippen LogP contribution in [0.15, 0.2) is 52.4 Å². The molecule has 0 amide bonds. The van der Waals surface area contributed by atoms with Crippen molar-refractivity contribution in [2.45, 2.75) is 32.4 Å². The normalized spacial score (nSPS) is 14.6. The molecule has 1 N–H and O–H groups in total. The number of phenols is 1. The molecular weight excluding hydrogens is 248 g/mol. The van der Waals surface area contributed by atoms with Crippen LogP contribution in [-0.4, -0.2) is 5.11 Å². The second-order valence-corrected chi connectivity index (χ2v) is 6.11. The van der Waals surface area contributed by atoms with Crippen molar-refractivity contribution in [3.05, 3.63) is 64.3 Å². The lowest BCUT2D eigenvalue weighted by Crippen LogP contribution is -2.19. The van der Waals surface area contributed by atoms with Crippen LogP contribution in [0.4, 0.5) is 0 Å². The van der Waals surface area contributed by atoms with E-state index in [4.69, 9.17) is 0 Å². The molecule has 1 aliphatic rings. The number of aromatic hydroxyl groups is 1. The fraction of sp³-hybridized carbons (Fsp3) is 0.294. The summed E-state index contributed by atoms with van der Waals surface area (Å²) < 4.78 is 0. The van der Waals surface area contributed by atoms with Gasteiger partial charge in [0, 0.05) is 5.56 Å². The third-order valence-corrected chi connectivity index (χ3v) is 3.56. The van der Waals surface area contributed by atoms with E-state index >= 15 is 0 Å². The minimum Gasteiger partial charge on any atom is -0.507 e. The first-order valence-electron chi connectivity index (χ1n) is 6.80. The Kier molecular flexibility index (Phi) is 2.85. The van der Waals surface area contributed by atoms with E-state index in [9.17, 15) is 5.11 Å². The highest BCUT2D eigenvalue weighted by Gasteiger charge is 2.23. The molecule has 0 atom stereocenters. The lowest BCUT2D eigenvalue weighted by molar-refractivity contribution is 0.435. The Morgan fingerprint density at radius 2 is 1.50 bits per heavy atom. The Morgan fingerprint density at radius 3 is 2.05 bits per heavy atom. The molecular formula is C17H18N2O. The number of para-hydroxylation sites is 3. The molecule has 0 aromatic heterocycles. The zero-order chi connectivity index (χ0) is 14.3. The quantitative estimate of drug-likeness (QED) is 0.847. The van der Waals surface area contributed by atoms with Crippen LogP contribution in [0.5, 0.6) is 5.75 Å². The summed E-state index contributed by atoms with van der Waals surface area (Å²) in [5.41, 5.74) is 1.59. The van der Waals surface area contributed by atoms with Gasteiger partial charge in [-0.1, -0.05) is 51.1 Å². The number of benzene rings is 2. The number of hydrogen-bond acceptors (Lipinski definition) is 3. The predicted octanol–water partition coefficient (Wildman–Crippen LogP) is 2.64. The number of nitrogens with zero attached hydrogens (tertiary/aromatic N) is 2. The lowest BCUT2D eigenvalue weighted by atomic mass is 9.85. The van der Waals surface area contributed by atoms with E-state index in [1.54, 1.807) is 0 Å². The smallest absolute Gasteiger partial charge is 0.170 e. The highest BCUT2D eigenvalue weighted by molar-refractivity contribution is 5.45. The summed E-state index contributed by atoms with van der Waals surface area (Å²) >= 11 is 0. The van der Waals surface area contributed by atoms with Gasteiger partial charge in [-0.15, -0.1) is 0 Å². The molecule has 3 nitrogen and oxygen atoms in total. The molecule has 0 saturated heterocycles. The van der Waals surface area contributed by atoms with Crippen molar-refractivity contribution < 1.29 is 5.11 Å². The van der Waals surface area contributed by atoms with Gasteiger partial charge < -0.3 is 5.11 Å². The third-order valence-electron chi connectivity index (χ3n) is 3.56.